The number of hydrogen-bond acceptors (Lipinski definition) is 2. The van der Waals surface area contributed by atoms with Crippen LogP contribution >= 0.6 is 22.9 Å². The summed E-state index contributed by atoms with van der Waals surface area (Å²) in [5.41, 5.74) is 1.41. The molecular weight excluding hydrogens is 250 g/mol. The van der Waals surface area contributed by atoms with Crippen molar-refractivity contribution in [2.24, 2.45) is 0 Å². The first-order valence-corrected chi connectivity index (χ1v) is 7.08. The van der Waals surface area contributed by atoms with Crippen LogP contribution in [0.25, 0.3) is 0 Å². The summed E-state index contributed by atoms with van der Waals surface area (Å²) in [5.74, 6) is 0. The Labute approximate surface area is 111 Å². The van der Waals surface area contributed by atoms with Crippen molar-refractivity contribution in [2.75, 3.05) is 6.54 Å². The van der Waals surface area contributed by atoms with E-state index in [1.165, 1.54) is 16.9 Å². The number of benzene rings is 1. The van der Waals surface area contributed by atoms with Gasteiger partial charge in [0, 0.05) is 16.8 Å². The van der Waals surface area contributed by atoms with Gasteiger partial charge in [0.2, 0.25) is 0 Å². The highest BCUT2D eigenvalue weighted by atomic mass is 35.5. The minimum Gasteiger partial charge on any atom is -0.312 e. The second kappa shape index (κ2) is 6.80. The van der Waals surface area contributed by atoms with Crippen molar-refractivity contribution in [3.05, 3.63) is 57.2 Å². The molecule has 2 aromatic rings. The van der Waals surface area contributed by atoms with Crippen LogP contribution in [-0.2, 0) is 13.0 Å². The maximum Gasteiger partial charge on any atom is 0.0516 e. The zero-order valence-corrected chi connectivity index (χ0v) is 11.2. The van der Waals surface area contributed by atoms with Crippen LogP contribution in [0.3, 0.4) is 0 Å². The first kappa shape index (κ1) is 12.6. The third-order valence-corrected chi connectivity index (χ3v) is 3.87. The molecule has 0 bridgehead atoms. The fourth-order valence-corrected chi connectivity index (χ4v) is 2.76. The molecule has 3 heteroatoms. The standard InChI is InChI=1S/C14H16ClNS/c15-13-9-14(17-11-13)10-16-8-4-7-12-5-2-1-3-6-12/h1-3,5-6,9,11,16H,4,7-8,10H2. The number of nitrogens with one attached hydrogen (secondary N) is 1. The lowest BCUT2D eigenvalue weighted by atomic mass is 10.1. The van der Waals surface area contributed by atoms with E-state index in [1.807, 2.05) is 11.4 Å². The summed E-state index contributed by atoms with van der Waals surface area (Å²) in [6.45, 7) is 1.97. The zero-order valence-electron chi connectivity index (χ0n) is 9.66. The zero-order chi connectivity index (χ0) is 11.9. The number of halogens is 1. The number of thiophene rings is 1. The lowest BCUT2D eigenvalue weighted by Crippen LogP contribution is -2.14. The lowest BCUT2D eigenvalue weighted by Gasteiger charge is -2.03. The molecule has 0 saturated heterocycles. The average Bonchev–Trinajstić information content (AvgIpc) is 2.76. The number of rotatable bonds is 6. The molecule has 1 N–H and O–H groups in total. The molecule has 1 aromatic carbocycles. The summed E-state index contributed by atoms with van der Waals surface area (Å²) in [6.07, 6.45) is 2.31. The van der Waals surface area contributed by atoms with Gasteiger partial charge in [0.05, 0.1) is 5.02 Å². The maximum atomic E-state index is 5.86. The van der Waals surface area contributed by atoms with Crippen LogP contribution in [-0.4, -0.2) is 6.54 Å². The summed E-state index contributed by atoms with van der Waals surface area (Å²) in [5, 5.41) is 6.26. The van der Waals surface area contributed by atoms with Crippen LogP contribution in [0.1, 0.15) is 16.9 Å². The van der Waals surface area contributed by atoms with Crippen LogP contribution in [0, 0.1) is 0 Å². The summed E-state index contributed by atoms with van der Waals surface area (Å²) in [6, 6.07) is 12.6. The Balaban J connectivity index is 1.61. The minimum atomic E-state index is 0.844. The normalized spacial score (nSPS) is 10.6. The quantitative estimate of drug-likeness (QED) is 0.775. The highest BCUT2D eigenvalue weighted by Crippen LogP contribution is 2.18. The van der Waals surface area contributed by atoms with Gasteiger partial charge < -0.3 is 5.32 Å². The molecule has 0 radical (unpaired) electrons. The van der Waals surface area contributed by atoms with Gasteiger partial charge in [-0.25, -0.2) is 0 Å². The van der Waals surface area contributed by atoms with Gasteiger partial charge in [0.15, 0.2) is 0 Å². The minimum absolute atomic E-state index is 0.844. The first-order valence-electron chi connectivity index (χ1n) is 5.82. The van der Waals surface area contributed by atoms with Crippen LogP contribution in [0.15, 0.2) is 41.8 Å². The molecule has 0 spiro atoms. The molecular formula is C14H16ClNS. The molecule has 1 heterocycles. The largest absolute Gasteiger partial charge is 0.312 e. The van der Waals surface area contributed by atoms with Crippen LogP contribution < -0.4 is 5.32 Å². The van der Waals surface area contributed by atoms with Crippen molar-refractivity contribution in [3.63, 3.8) is 0 Å². The second-order valence-electron chi connectivity index (χ2n) is 4.00. The molecule has 1 nitrogen and oxygen atoms in total. The predicted molar refractivity (Wildman–Crippen MR) is 75.8 cm³/mol. The molecule has 1 aromatic heterocycles. The van der Waals surface area contributed by atoms with Crippen molar-refractivity contribution >= 4 is 22.9 Å². The Morgan fingerprint density at radius 3 is 2.71 bits per heavy atom. The predicted octanol–water partition coefficient (Wildman–Crippen LogP) is 4.12. The van der Waals surface area contributed by atoms with Crippen molar-refractivity contribution in [3.8, 4) is 0 Å². The Hall–Kier alpha value is -0.830. The van der Waals surface area contributed by atoms with Crippen LogP contribution in [0.5, 0.6) is 0 Å². The first-order chi connectivity index (χ1) is 8.34. The molecule has 0 unspecified atom stereocenters. The van der Waals surface area contributed by atoms with Crippen molar-refractivity contribution in [2.45, 2.75) is 19.4 Å². The van der Waals surface area contributed by atoms with E-state index >= 15 is 0 Å². The molecule has 2 rings (SSSR count). The van der Waals surface area contributed by atoms with Gasteiger partial charge >= 0.3 is 0 Å². The molecule has 90 valence electrons. The van der Waals surface area contributed by atoms with E-state index in [4.69, 9.17) is 11.6 Å². The maximum absolute atomic E-state index is 5.86. The van der Waals surface area contributed by atoms with Gasteiger partial charge in [-0.05, 0) is 31.0 Å². The van der Waals surface area contributed by atoms with Gasteiger partial charge in [-0.3, -0.25) is 0 Å². The Morgan fingerprint density at radius 2 is 2.00 bits per heavy atom. The molecule has 0 saturated carbocycles. The molecule has 0 fully saturated rings. The second-order valence-corrected chi connectivity index (χ2v) is 5.43. The molecule has 17 heavy (non-hydrogen) atoms. The summed E-state index contributed by atoms with van der Waals surface area (Å²) in [7, 11) is 0. The van der Waals surface area contributed by atoms with Gasteiger partial charge in [0.1, 0.15) is 0 Å². The van der Waals surface area contributed by atoms with E-state index in [2.05, 4.69) is 35.6 Å². The Kier molecular flexibility index (Phi) is 5.05. The van der Waals surface area contributed by atoms with E-state index in [0.717, 1.165) is 24.5 Å². The topological polar surface area (TPSA) is 12.0 Å². The van der Waals surface area contributed by atoms with E-state index in [9.17, 15) is 0 Å². The molecule has 0 aliphatic rings. The molecule has 0 atom stereocenters. The molecule has 0 aliphatic heterocycles. The highest BCUT2D eigenvalue weighted by molar-refractivity contribution is 7.10. The Bertz CT molecular complexity index is 438. The SMILES string of the molecule is Clc1csc(CNCCCc2ccccc2)c1. The van der Waals surface area contributed by atoms with Crippen molar-refractivity contribution in [1.29, 1.82) is 0 Å². The molecule has 0 amide bonds. The van der Waals surface area contributed by atoms with Crippen LogP contribution in [0.4, 0.5) is 0 Å². The van der Waals surface area contributed by atoms with Crippen LogP contribution in [0.2, 0.25) is 5.02 Å². The molecule has 0 aliphatic carbocycles. The Morgan fingerprint density at radius 1 is 1.18 bits per heavy atom. The van der Waals surface area contributed by atoms with Gasteiger partial charge in [-0.15, -0.1) is 11.3 Å². The number of hydrogen-bond donors (Lipinski definition) is 1. The monoisotopic (exact) mass is 265 g/mol. The van der Waals surface area contributed by atoms with Crippen molar-refractivity contribution in [1.82, 2.24) is 5.32 Å². The third kappa shape index (κ3) is 4.50. The van der Waals surface area contributed by atoms with Gasteiger partial charge in [0.25, 0.3) is 0 Å². The van der Waals surface area contributed by atoms with Crippen molar-refractivity contribution < 1.29 is 0 Å². The third-order valence-electron chi connectivity index (χ3n) is 2.58. The summed E-state index contributed by atoms with van der Waals surface area (Å²) in [4.78, 5) is 1.30. The van der Waals surface area contributed by atoms with Gasteiger partial charge in [-0.2, -0.15) is 0 Å². The summed E-state index contributed by atoms with van der Waals surface area (Å²) >= 11 is 7.57. The van der Waals surface area contributed by atoms with E-state index < -0.39 is 0 Å². The smallest absolute Gasteiger partial charge is 0.0516 e. The fourth-order valence-electron chi connectivity index (χ4n) is 1.72. The van der Waals surface area contributed by atoms with E-state index in [-0.39, 0.29) is 0 Å². The highest BCUT2D eigenvalue weighted by Gasteiger charge is 1.97. The van der Waals surface area contributed by atoms with Gasteiger partial charge in [-0.1, -0.05) is 41.9 Å². The summed E-state index contributed by atoms with van der Waals surface area (Å²) < 4.78 is 0. The fraction of sp³-hybridized carbons (Fsp3) is 0.286. The van der Waals surface area contributed by atoms with E-state index in [1.54, 1.807) is 11.3 Å². The van der Waals surface area contributed by atoms with E-state index in [0.29, 0.717) is 0 Å². The number of aryl methyl sites for hydroxylation is 1. The lowest BCUT2D eigenvalue weighted by molar-refractivity contribution is 0.654. The average molecular weight is 266 g/mol.